The third-order valence-electron chi connectivity index (χ3n) is 2.90. The number of aliphatic carboxylic acids is 1. The van der Waals surface area contributed by atoms with E-state index in [1.54, 1.807) is 4.90 Å². The van der Waals surface area contributed by atoms with Gasteiger partial charge in [0.05, 0.1) is 0 Å². The molecule has 0 radical (unpaired) electrons. The summed E-state index contributed by atoms with van der Waals surface area (Å²) in [5.74, 6) is -1.49. The first-order valence-corrected chi connectivity index (χ1v) is 5.69. The Morgan fingerprint density at radius 2 is 2.05 bits per heavy atom. The van der Waals surface area contributed by atoms with Crippen LogP contribution >= 0.6 is 0 Å². The van der Waals surface area contributed by atoms with Crippen molar-refractivity contribution >= 4 is 5.97 Å². The summed E-state index contributed by atoms with van der Waals surface area (Å²) in [5, 5.41) is 9.18. The monoisotopic (exact) mass is 275 g/mol. The highest BCUT2D eigenvalue weighted by molar-refractivity contribution is 5.75. The van der Waals surface area contributed by atoms with Crippen molar-refractivity contribution in [1.29, 1.82) is 0 Å². The number of carbonyl (C=O) groups is 1. The van der Waals surface area contributed by atoms with E-state index in [0.717, 1.165) is 18.6 Å². The predicted molar refractivity (Wildman–Crippen MR) is 59.7 cm³/mol. The number of hydrogen-bond acceptors (Lipinski definition) is 3. The quantitative estimate of drug-likeness (QED) is 0.916. The second-order valence-electron chi connectivity index (χ2n) is 4.25. The summed E-state index contributed by atoms with van der Waals surface area (Å²) < 4.78 is 40.2. The summed E-state index contributed by atoms with van der Waals surface area (Å²) in [6, 6.07) is 4.17. The first-order chi connectivity index (χ1) is 8.87. The maximum atomic E-state index is 12.1. The van der Waals surface area contributed by atoms with E-state index in [2.05, 4.69) is 4.74 Å². The van der Waals surface area contributed by atoms with Crippen LogP contribution in [0.5, 0.6) is 5.75 Å². The molecule has 0 amide bonds. The molecule has 1 aromatic rings. The topological polar surface area (TPSA) is 49.8 Å². The highest BCUT2D eigenvalue weighted by Crippen LogP contribution is 2.30. The molecule has 0 saturated carbocycles. The van der Waals surface area contributed by atoms with Gasteiger partial charge in [0, 0.05) is 13.1 Å². The van der Waals surface area contributed by atoms with E-state index in [1.807, 2.05) is 0 Å². The number of carboxylic acids is 1. The summed E-state index contributed by atoms with van der Waals surface area (Å²) in [5.41, 5.74) is 0.286. The molecule has 1 unspecified atom stereocenters. The molecule has 0 aliphatic carbocycles. The van der Waals surface area contributed by atoms with Gasteiger partial charge in [0.25, 0.3) is 0 Å². The molecule has 2 rings (SSSR count). The van der Waals surface area contributed by atoms with Crippen LogP contribution in [0, 0.1) is 0 Å². The van der Waals surface area contributed by atoms with Gasteiger partial charge in [-0.15, -0.1) is 13.2 Å². The van der Waals surface area contributed by atoms with Crippen LogP contribution in [0.25, 0.3) is 0 Å². The predicted octanol–water partition coefficient (Wildman–Crippen LogP) is 2.42. The van der Waals surface area contributed by atoms with Gasteiger partial charge in [-0.1, -0.05) is 12.1 Å². The van der Waals surface area contributed by atoms with Gasteiger partial charge in [-0.25, -0.2) is 0 Å². The van der Waals surface area contributed by atoms with E-state index in [-0.39, 0.29) is 5.56 Å². The number of halogens is 3. The molecule has 1 atom stereocenters. The molecule has 1 aliphatic rings. The minimum absolute atomic E-state index is 0.286. The molecule has 1 N–H and O–H groups in total. The lowest BCUT2D eigenvalue weighted by molar-refractivity contribution is -0.274. The first-order valence-electron chi connectivity index (χ1n) is 5.69. The number of ether oxygens (including phenoxy) is 1. The smallest absolute Gasteiger partial charge is 0.480 e. The van der Waals surface area contributed by atoms with Crippen molar-refractivity contribution in [3.63, 3.8) is 0 Å². The van der Waals surface area contributed by atoms with Crippen molar-refractivity contribution in [1.82, 2.24) is 4.90 Å². The number of rotatable bonds is 4. The molecule has 1 saturated heterocycles. The maximum absolute atomic E-state index is 12.1. The fourth-order valence-corrected chi connectivity index (χ4v) is 1.99. The van der Waals surface area contributed by atoms with Crippen LogP contribution in [0.1, 0.15) is 18.0 Å². The Bertz CT molecular complexity index is 472. The molecule has 1 fully saturated rings. The molecule has 0 bridgehead atoms. The van der Waals surface area contributed by atoms with E-state index in [9.17, 15) is 23.1 Å². The number of nitrogens with zero attached hydrogens (tertiary/aromatic N) is 1. The second kappa shape index (κ2) is 5.08. The highest BCUT2D eigenvalue weighted by atomic mass is 19.4. The Morgan fingerprint density at radius 1 is 1.37 bits per heavy atom. The fourth-order valence-electron chi connectivity index (χ4n) is 1.99. The summed E-state index contributed by atoms with van der Waals surface area (Å²) >= 11 is 0. The Morgan fingerprint density at radius 3 is 2.53 bits per heavy atom. The van der Waals surface area contributed by atoms with E-state index < -0.39 is 24.1 Å². The van der Waals surface area contributed by atoms with Crippen molar-refractivity contribution in [2.75, 3.05) is 13.1 Å². The third kappa shape index (κ3) is 3.37. The fraction of sp³-hybridized carbons (Fsp3) is 0.417. The van der Waals surface area contributed by atoms with Crippen LogP contribution in [-0.4, -0.2) is 35.4 Å². The van der Waals surface area contributed by atoms with Gasteiger partial charge in [0.15, 0.2) is 0 Å². The Kier molecular flexibility index (Phi) is 3.66. The molecule has 1 aliphatic heterocycles. The standard InChI is InChI=1S/C12H12F3NO3/c13-12(14,15)19-9-4-1-3-8(7-9)10(11(17)18)16-5-2-6-16/h1,3-4,7,10H,2,5-6H2,(H,17,18). The van der Waals surface area contributed by atoms with Gasteiger partial charge in [-0.2, -0.15) is 0 Å². The van der Waals surface area contributed by atoms with Gasteiger partial charge in [0.1, 0.15) is 11.8 Å². The van der Waals surface area contributed by atoms with Gasteiger partial charge >= 0.3 is 12.3 Å². The Balaban J connectivity index is 2.23. The number of likely N-dealkylation sites (tertiary alicyclic amines) is 1. The Labute approximate surface area is 107 Å². The highest BCUT2D eigenvalue weighted by Gasteiger charge is 2.33. The lowest BCUT2D eigenvalue weighted by Gasteiger charge is -2.36. The second-order valence-corrected chi connectivity index (χ2v) is 4.25. The molecule has 7 heteroatoms. The van der Waals surface area contributed by atoms with Crippen LogP contribution in [0.2, 0.25) is 0 Å². The van der Waals surface area contributed by atoms with Crippen LogP contribution in [0.4, 0.5) is 13.2 Å². The minimum Gasteiger partial charge on any atom is -0.480 e. The minimum atomic E-state index is -4.78. The molecule has 0 aromatic heterocycles. The van der Waals surface area contributed by atoms with E-state index in [0.29, 0.717) is 13.1 Å². The van der Waals surface area contributed by atoms with E-state index in [1.165, 1.54) is 12.1 Å². The van der Waals surface area contributed by atoms with Crippen molar-refractivity contribution < 1.29 is 27.8 Å². The molecule has 1 aromatic carbocycles. The van der Waals surface area contributed by atoms with E-state index in [4.69, 9.17) is 0 Å². The van der Waals surface area contributed by atoms with Crippen LogP contribution in [0.15, 0.2) is 24.3 Å². The summed E-state index contributed by atoms with van der Waals surface area (Å²) in [6.45, 7) is 1.25. The first kappa shape index (κ1) is 13.7. The lowest BCUT2D eigenvalue weighted by Crippen LogP contribution is -2.43. The lowest BCUT2D eigenvalue weighted by atomic mass is 10.0. The largest absolute Gasteiger partial charge is 0.573 e. The zero-order valence-corrected chi connectivity index (χ0v) is 9.85. The number of benzene rings is 1. The van der Waals surface area contributed by atoms with Crippen molar-refractivity contribution in [3.8, 4) is 5.75 Å². The Hall–Kier alpha value is -1.76. The van der Waals surface area contributed by atoms with Crippen molar-refractivity contribution in [3.05, 3.63) is 29.8 Å². The number of hydrogen-bond donors (Lipinski definition) is 1. The SMILES string of the molecule is O=C(O)C(c1cccc(OC(F)(F)F)c1)N1CCC1. The molecular weight excluding hydrogens is 263 g/mol. The van der Waals surface area contributed by atoms with Crippen LogP contribution in [0.3, 0.4) is 0 Å². The molecule has 0 spiro atoms. The van der Waals surface area contributed by atoms with Crippen LogP contribution < -0.4 is 4.74 Å². The number of alkyl halides is 3. The maximum Gasteiger partial charge on any atom is 0.573 e. The molecule has 104 valence electrons. The summed E-state index contributed by atoms with van der Waals surface area (Å²) in [7, 11) is 0. The van der Waals surface area contributed by atoms with Crippen molar-refractivity contribution in [2.24, 2.45) is 0 Å². The normalized spacial score (nSPS) is 17.6. The molecule has 4 nitrogen and oxygen atoms in total. The zero-order chi connectivity index (χ0) is 14.0. The third-order valence-corrected chi connectivity index (χ3v) is 2.90. The van der Waals surface area contributed by atoms with Gasteiger partial charge in [0.2, 0.25) is 0 Å². The summed E-state index contributed by atoms with van der Waals surface area (Å²) in [6.07, 6.45) is -3.89. The summed E-state index contributed by atoms with van der Waals surface area (Å²) in [4.78, 5) is 12.9. The molecule has 19 heavy (non-hydrogen) atoms. The van der Waals surface area contributed by atoms with Gasteiger partial charge < -0.3 is 9.84 Å². The van der Waals surface area contributed by atoms with Crippen LogP contribution in [-0.2, 0) is 4.79 Å². The molecule has 1 heterocycles. The average Bonchev–Trinajstić information content (AvgIpc) is 2.20. The van der Waals surface area contributed by atoms with Crippen molar-refractivity contribution in [2.45, 2.75) is 18.8 Å². The van der Waals surface area contributed by atoms with E-state index >= 15 is 0 Å². The van der Waals surface area contributed by atoms with Gasteiger partial charge in [-0.3, -0.25) is 9.69 Å². The van der Waals surface area contributed by atoms with Gasteiger partial charge in [-0.05, 0) is 24.1 Å². The number of carboxylic acid groups (broad SMARTS) is 1. The average molecular weight is 275 g/mol. The zero-order valence-electron chi connectivity index (χ0n) is 9.85. The molecular formula is C12H12F3NO3.